The first-order valence-corrected chi connectivity index (χ1v) is 6.50. The van der Waals surface area contributed by atoms with Crippen molar-refractivity contribution >= 4 is 5.65 Å². The van der Waals surface area contributed by atoms with Crippen molar-refractivity contribution in [3.63, 3.8) is 0 Å². The Morgan fingerprint density at radius 2 is 2.16 bits per heavy atom. The maximum Gasteiger partial charge on any atom is 0.349 e. The summed E-state index contributed by atoms with van der Waals surface area (Å²) in [5.74, 6) is 1.09. The van der Waals surface area contributed by atoms with E-state index in [4.69, 9.17) is 10.5 Å². The highest BCUT2D eigenvalue weighted by molar-refractivity contribution is 5.40. The molecule has 102 valence electrons. The van der Waals surface area contributed by atoms with Crippen LogP contribution in [0.15, 0.2) is 10.9 Å². The molecule has 0 saturated heterocycles. The van der Waals surface area contributed by atoms with E-state index >= 15 is 0 Å². The summed E-state index contributed by atoms with van der Waals surface area (Å²) in [6.45, 7) is 1.76. The van der Waals surface area contributed by atoms with Gasteiger partial charge in [0.2, 0.25) is 5.88 Å². The van der Waals surface area contributed by atoms with Crippen LogP contribution in [0.2, 0.25) is 0 Å². The predicted octanol–water partition coefficient (Wildman–Crippen LogP) is 0.375. The maximum absolute atomic E-state index is 11.5. The molecular weight excluding hydrogens is 246 g/mol. The van der Waals surface area contributed by atoms with Crippen LogP contribution in [-0.2, 0) is 0 Å². The summed E-state index contributed by atoms with van der Waals surface area (Å²) in [6, 6.07) is 1.97. The molecule has 1 aliphatic rings. The van der Waals surface area contributed by atoms with Crippen molar-refractivity contribution in [3.05, 3.63) is 22.4 Å². The third-order valence-corrected chi connectivity index (χ3v) is 3.55. The van der Waals surface area contributed by atoms with Crippen LogP contribution in [0.4, 0.5) is 0 Å². The van der Waals surface area contributed by atoms with Gasteiger partial charge in [-0.1, -0.05) is 0 Å². The van der Waals surface area contributed by atoms with Gasteiger partial charge in [-0.15, -0.1) is 0 Å². The second-order valence-corrected chi connectivity index (χ2v) is 5.02. The van der Waals surface area contributed by atoms with Crippen molar-refractivity contribution in [2.24, 2.45) is 5.73 Å². The van der Waals surface area contributed by atoms with E-state index in [9.17, 15) is 4.79 Å². The standard InChI is InChI=1S/C12H17N5O2/c1-7-14-11(6-10-15-16-12(18)17(7)10)19-9-4-2-8(13)3-5-9/h6,8-9H,2-5,13H2,1H3,(H,16,18). The molecule has 3 N–H and O–H groups in total. The highest BCUT2D eigenvalue weighted by atomic mass is 16.5. The van der Waals surface area contributed by atoms with Crippen LogP contribution in [0.3, 0.4) is 0 Å². The third-order valence-electron chi connectivity index (χ3n) is 3.55. The van der Waals surface area contributed by atoms with Gasteiger partial charge in [0.25, 0.3) is 0 Å². The first-order chi connectivity index (χ1) is 9.13. The molecule has 0 bridgehead atoms. The average molecular weight is 263 g/mol. The molecular formula is C12H17N5O2. The van der Waals surface area contributed by atoms with Gasteiger partial charge in [0.15, 0.2) is 5.65 Å². The molecule has 0 amide bonds. The van der Waals surface area contributed by atoms with Crippen molar-refractivity contribution < 1.29 is 4.74 Å². The highest BCUT2D eigenvalue weighted by Gasteiger charge is 2.20. The minimum Gasteiger partial charge on any atom is -0.474 e. The lowest BCUT2D eigenvalue weighted by Gasteiger charge is -2.26. The van der Waals surface area contributed by atoms with E-state index in [1.807, 2.05) is 0 Å². The zero-order chi connectivity index (χ0) is 13.4. The van der Waals surface area contributed by atoms with Crippen LogP contribution in [0, 0.1) is 6.92 Å². The van der Waals surface area contributed by atoms with Crippen molar-refractivity contribution in [2.45, 2.75) is 44.8 Å². The third kappa shape index (κ3) is 2.33. The monoisotopic (exact) mass is 263 g/mol. The molecule has 1 fully saturated rings. The number of aromatic amines is 1. The van der Waals surface area contributed by atoms with Crippen molar-refractivity contribution in [2.75, 3.05) is 0 Å². The molecule has 2 aromatic rings. The van der Waals surface area contributed by atoms with Gasteiger partial charge < -0.3 is 10.5 Å². The zero-order valence-electron chi connectivity index (χ0n) is 10.8. The Kier molecular flexibility index (Phi) is 2.98. The first kappa shape index (κ1) is 12.2. The minimum atomic E-state index is -0.282. The van der Waals surface area contributed by atoms with Crippen LogP contribution in [0.5, 0.6) is 5.88 Å². The van der Waals surface area contributed by atoms with E-state index in [0.29, 0.717) is 23.4 Å². The van der Waals surface area contributed by atoms with Gasteiger partial charge >= 0.3 is 5.69 Å². The van der Waals surface area contributed by atoms with Gasteiger partial charge in [-0.05, 0) is 32.6 Å². The van der Waals surface area contributed by atoms with Crippen LogP contribution < -0.4 is 16.2 Å². The lowest BCUT2D eigenvalue weighted by atomic mass is 9.94. The topological polar surface area (TPSA) is 98.3 Å². The number of nitrogens with zero attached hydrogens (tertiary/aromatic N) is 3. The summed E-state index contributed by atoms with van der Waals surface area (Å²) in [7, 11) is 0. The average Bonchev–Trinajstić information content (AvgIpc) is 2.74. The smallest absolute Gasteiger partial charge is 0.349 e. The van der Waals surface area contributed by atoms with Crippen LogP contribution in [0.1, 0.15) is 31.5 Å². The molecule has 7 heteroatoms. The molecule has 0 aliphatic heterocycles. The van der Waals surface area contributed by atoms with Gasteiger partial charge in [0.05, 0.1) is 0 Å². The normalized spacial score (nSPS) is 23.7. The highest BCUT2D eigenvalue weighted by Crippen LogP contribution is 2.22. The molecule has 0 radical (unpaired) electrons. The Morgan fingerprint density at radius 1 is 1.42 bits per heavy atom. The molecule has 2 aromatic heterocycles. The first-order valence-electron chi connectivity index (χ1n) is 6.50. The number of nitrogens with one attached hydrogen (secondary N) is 1. The number of hydrogen-bond acceptors (Lipinski definition) is 5. The Labute approximate surface area is 109 Å². The number of H-pyrrole nitrogens is 1. The molecule has 0 spiro atoms. The number of fused-ring (bicyclic) bond motifs is 1. The molecule has 1 saturated carbocycles. The van der Waals surface area contributed by atoms with E-state index in [1.54, 1.807) is 13.0 Å². The number of aryl methyl sites for hydroxylation is 1. The van der Waals surface area contributed by atoms with Crippen molar-refractivity contribution in [3.8, 4) is 5.88 Å². The molecule has 0 atom stereocenters. The number of aromatic nitrogens is 4. The summed E-state index contributed by atoms with van der Waals surface area (Å²) in [6.07, 6.45) is 4.00. The summed E-state index contributed by atoms with van der Waals surface area (Å²) in [5, 5.41) is 6.33. The van der Waals surface area contributed by atoms with Gasteiger partial charge in [-0.3, -0.25) is 0 Å². The Morgan fingerprint density at radius 3 is 2.89 bits per heavy atom. The predicted molar refractivity (Wildman–Crippen MR) is 69.2 cm³/mol. The van der Waals surface area contributed by atoms with Gasteiger partial charge in [-0.2, -0.15) is 10.1 Å². The van der Waals surface area contributed by atoms with Crippen molar-refractivity contribution in [1.29, 1.82) is 0 Å². The second kappa shape index (κ2) is 4.65. The molecule has 7 nitrogen and oxygen atoms in total. The van der Waals surface area contributed by atoms with Crippen molar-refractivity contribution in [1.82, 2.24) is 19.6 Å². The van der Waals surface area contributed by atoms with Crippen LogP contribution in [0.25, 0.3) is 5.65 Å². The molecule has 0 unspecified atom stereocenters. The van der Waals surface area contributed by atoms with Gasteiger partial charge in [-0.25, -0.2) is 14.3 Å². The largest absolute Gasteiger partial charge is 0.474 e. The molecule has 0 aromatic carbocycles. The van der Waals surface area contributed by atoms with Crippen LogP contribution in [-0.4, -0.2) is 31.7 Å². The second-order valence-electron chi connectivity index (χ2n) is 5.02. The maximum atomic E-state index is 11.5. The van der Waals surface area contributed by atoms with E-state index in [0.717, 1.165) is 25.7 Å². The van der Waals surface area contributed by atoms with E-state index in [-0.39, 0.29) is 11.8 Å². The lowest BCUT2D eigenvalue weighted by Crippen LogP contribution is -2.32. The summed E-state index contributed by atoms with van der Waals surface area (Å²) in [4.78, 5) is 15.8. The van der Waals surface area contributed by atoms with Crippen LogP contribution >= 0.6 is 0 Å². The molecule has 1 aliphatic carbocycles. The fraction of sp³-hybridized carbons (Fsp3) is 0.583. The molecule has 19 heavy (non-hydrogen) atoms. The minimum absolute atomic E-state index is 0.153. The SMILES string of the molecule is Cc1nc(OC2CCC(N)CC2)cc2n[nH]c(=O)n12. The Balaban J connectivity index is 1.83. The summed E-state index contributed by atoms with van der Waals surface area (Å²) < 4.78 is 7.29. The number of rotatable bonds is 2. The quantitative estimate of drug-likeness (QED) is 0.816. The zero-order valence-corrected chi connectivity index (χ0v) is 10.8. The fourth-order valence-corrected chi connectivity index (χ4v) is 2.51. The van der Waals surface area contributed by atoms with E-state index in [1.165, 1.54) is 4.40 Å². The summed E-state index contributed by atoms with van der Waals surface area (Å²) >= 11 is 0. The number of ether oxygens (including phenoxy) is 1. The lowest BCUT2D eigenvalue weighted by molar-refractivity contribution is 0.141. The number of nitrogens with two attached hydrogens (primary N) is 1. The van der Waals surface area contributed by atoms with E-state index < -0.39 is 0 Å². The molecule has 3 rings (SSSR count). The summed E-state index contributed by atoms with van der Waals surface area (Å²) in [5.41, 5.74) is 6.11. The van der Waals surface area contributed by atoms with Gasteiger partial charge in [0.1, 0.15) is 11.9 Å². The van der Waals surface area contributed by atoms with E-state index in [2.05, 4.69) is 15.2 Å². The van der Waals surface area contributed by atoms with Gasteiger partial charge in [0, 0.05) is 12.1 Å². The molecule has 2 heterocycles. The Hall–Kier alpha value is -1.89. The fourth-order valence-electron chi connectivity index (χ4n) is 2.51. The number of hydrogen-bond donors (Lipinski definition) is 2. The Bertz CT molecular complexity index is 639.